The number of amides is 1. The molecule has 1 saturated heterocycles. The van der Waals surface area contributed by atoms with Crippen molar-refractivity contribution in [3.8, 4) is 0 Å². The average Bonchev–Trinajstić information content (AvgIpc) is 3.09. The van der Waals surface area contributed by atoms with Crippen LogP contribution in [-0.2, 0) is 32.7 Å². The highest BCUT2D eigenvalue weighted by Gasteiger charge is 2.37. The molecule has 0 aromatic heterocycles. The summed E-state index contributed by atoms with van der Waals surface area (Å²) >= 11 is 0. The summed E-state index contributed by atoms with van der Waals surface area (Å²) in [6.45, 7) is 5.87. The summed E-state index contributed by atoms with van der Waals surface area (Å²) in [7, 11) is -3.34. The minimum absolute atomic E-state index is 0.0953. The first-order valence-corrected chi connectivity index (χ1v) is 10.5. The van der Waals surface area contributed by atoms with E-state index in [1.165, 1.54) is 4.31 Å². The molecule has 0 radical (unpaired) electrons. The summed E-state index contributed by atoms with van der Waals surface area (Å²) < 4.78 is 31.3. The van der Waals surface area contributed by atoms with Crippen LogP contribution in [0.2, 0.25) is 0 Å². The zero-order chi connectivity index (χ0) is 18.3. The first-order chi connectivity index (χ1) is 12.0. The number of carbonyl (C=O) groups excluding carboxylic acids is 1. The van der Waals surface area contributed by atoms with Crippen molar-refractivity contribution in [2.45, 2.75) is 52.3 Å². The van der Waals surface area contributed by atoms with E-state index in [9.17, 15) is 13.2 Å². The van der Waals surface area contributed by atoms with Gasteiger partial charge in [-0.1, -0.05) is 31.2 Å². The van der Waals surface area contributed by atoms with Crippen molar-refractivity contribution in [1.29, 1.82) is 0 Å². The molecule has 0 aliphatic carbocycles. The zero-order valence-electron chi connectivity index (χ0n) is 15.0. The van der Waals surface area contributed by atoms with Gasteiger partial charge in [0.05, 0.1) is 12.4 Å². The Labute approximate surface area is 150 Å². The molecule has 1 fully saturated rings. The van der Waals surface area contributed by atoms with Crippen LogP contribution in [-0.4, -0.2) is 43.6 Å². The van der Waals surface area contributed by atoms with E-state index in [0.29, 0.717) is 39.1 Å². The minimum atomic E-state index is -3.34. The summed E-state index contributed by atoms with van der Waals surface area (Å²) in [5.41, 5.74) is 2.07. The predicted molar refractivity (Wildman–Crippen MR) is 97.4 cm³/mol. The molecule has 1 aromatic carbocycles. The number of nitrogens with zero attached hydrogens (tertiary/aromatic N) is 1. The Morgan fingerprint density at radius 3 is 2.56 bits per heavy atom. The van der Waals surface area contributed by atoms with Crippen LogP contribution >= 0.6 is 0 Å². The number of nitrogens with one attached hydrogen (secondary N) is 1. The number of ether oxygens (including phenoxy) is 1. The smallest absolute Gasteiger partial charge is 0.238 e. The van der Waals surface area contributed by atoms with Gasteiger partial charge in [0.15, 0.2) is 0 Å². The third-order valence-corrected chi connectivity index (χ3v) is 6.36. The fourth-order valence-electron chi connectivity index (χ4n) is 2.99. The molecule has 1 N–H and O–H groups in total. The van der Waals surface area contributed by atoms with Crippen LogP contribution in [0.3, 0.4) is 0 Å². The summed E-state index contributed by atoms with van der Waals surface area (Å²) in [6, 6.07) is 7.29. The first kappa shape index (κ1) is 19.9. The van der Waals surface area contributed by atoms with Crippen molar-refractivity contribution in [2.75, 3.05) is 18.9 Å². The summed E-state index contributed by atoms with van der Waals surface area (Å²) in [4.78, 5) is 12.5. The maximum atomic E-state index is 12.5. The van der Waals surface area contributed by atoms with Gasteiger partial charge < -0.3 is 10.1 Å². The van der Waals surface area contributed by atoms with Crippen LogP contribution in [0, 0.1) is 0 Å². The Hall–Kier alpha value is -1.44. The highest BCUT2D eigenvalue weighted by Crippen LogP contribution is 2.22. The minimum Gasteiger partial charge on any atom is -0.377 e. The molecule has 2 rings (SSSR count). The van der Waals surface area contributed by atoms with Crippen molar-refractivity contribution < 1.29 is 17.9 Å². The highest BCUT2D eigenvalue weighted by atomic mass is 32.2. The monoisotopic (exact) mass is 368 g/mol. The van der Waals surface area contributed by atoms with Crippen molar-refractivity contribution in [3.63, 3.8) is 0 Å². The Bertz CT molecular complexity index is 658. The number of sulfonamides is 1. The molecule has 7 heteroatoms. The van der Waals surface area contributed by atoms with E-state index in [0.717, 1.165) is 17.5 Å². The van der Waals surface area contributed by atoms with Crippen molar-refractivity contribution in [1.82, 2.24) is 9.62 Å². The third-order valence-electron chi connectivity index (χ3n) is 4.29. The van der Waals surface area contributed by atoms with Crippen molar-refractivity contribution in [2.24, 2.45) is 0 Å². The van der Waals surface area contributed by atoms with Gasteiger partial charge in [0.1, 0.15) is 6.04 Å². The number of hydrogen-bond donors (Lipinski definition) is 1. The van der Waals surface area contributed by atoms with Crippen molar-refractivity contribution in [3.05, 3.63) is 35.4 Å². The second kappa shape index (κ2) is 9.31. The van der Waals surface area contributed by atoms with E-state index in [1.54, 1.807) is 0 Å². The van der Waals surface area contributed by atoms with E-state index in [-0.39, 0.29) is 11.7 Å². The van der Waals surface area contributed by atoms with Crippen LogP contribution in [0.4, 0.5) is 0 Å². The standard InChI is InChI=1S/C18H28N2O4S/c1-3-12-25(22,23)20-11-5-6-17(20)18(21)19-13-15-7-9-16(10-8-15)14-24-4-2/h7-10,17H,3-6,11-14H2,1-2H3,(H,19,21). The quantitative estimate of drug-likeness (QED) is 0.724. The van der Waals surface area contributed by atoms with E-state index >= 15 is 0 Å². The molecule has 0 bridgehead atoms. The summed E-state index contributed by atoms with van der Waals surface area (Å²) in [5, 5.41) is 2.87. The van der Waals surface area contributed by atoms with E-state index in [2.05, 4.69) is 5.32 Å². The van der Waals surface area contributed by atoms with Crippen molar-refractivity contribution >= 4 is 15.9 Å². The van der Waals surface area contributed by atoms with Gasteiger partial charge in [0, 0.05) is 19.7 Å². The Morgan fingerprint density at radius 2 is 1.92 bits per heavy atom. The third kappa shape index (κ3) is 5.52. The summed E-state index contributed by atoms with van der Waals surface area (Å²) in [5.74, 6) is -0.117. The molecular weight excluding hydrogens is 340 g/mol. The van der Waals surface area contributed by atoms with Crippen LogP contribution in [0.5, 0.6) is 0 Å². The largest absolute Gasteiger partial charge is 0.377 e. The fourth-order valence-corrected chi connectivity index (χ4v) is 4.74. The molecule has 0 saturated carbocycles. The topological polar surface area (TPSA) is 75.7 Å². The lowest BCUT2D eigenvalue weighted by Crippen LogP contribution is -2.46. The van der Waals surface area contributed by atoms with Gasteiger partial charge in [-0.15, -0.1) is 0 Å². The normalized spacial score (nSPS) is 18.4. The summed E-state index contributed by atoms with van der Waals surface area (Å²) in [6.07, 6.45) is 1.87. The Kier molecular flexibility index (Phi) is 7.40. The molecule has 25 heavy (non-hydrogen) atoms. The van der Waals surface area contributed by atoms with E-state index in [1.807, 2.05) is 38.1 Å². The van der Waals surface area contributed by atoms with Gasteiger partial charge in [0.25, 0.3) is 0 Å². The molecule has 1 aromatic rings. The van der Waals surface area contributed by atoms with E-state index in [4.69, 9.17) is 4.74 Å². The highest BCUT2D eigenvalue weighted by molar-refractivity contribution is 7.89. The number of carbonyl (C=O) groups is 1. The molecule has 1 unspecified atom stereocenters. The number of benzene rings is 1. The average molecular weight is 368 g/mol. The molecule has 140 valence electrons. The molecule has 1 atom stereocenters. The Balaban J connectivity index is 1.91. The Morgan fingerprint density at radius 1 is 1.24 bits per heavy atom. The maximum Gasteiger partial charge on any atom is 0.238 e. The SMILES string of the molecule is CCCS(=O)(=O)N1CCCC1C(=O)NCc1ccc(COCC)cc1. The molecule has 6 nitrogen and oxygen atoms in total. The predicted octanol–water partition coefficient (Wildman–Crippen LogP) is 2.04. The van der Waals surface area contributed by atoms with E-state index < -0.39 is 16.1 Å². The number of rotatable bonds is 9. The van der Waals surface area contributed by atoms with Gasteiger partial charge in [-0.2, -0.15) is 4.31 Å². The fraction of sp³-hybridized carbons (Fsp3) is 0.611. The van der Waals surface area contributed by atoms with Gasteiger partial charge in [-0.05, 0) is 37.3 Å². The molecule has 0 spiro atoms. The van der Waals surface area contributed by atoms with Gasteiger partial charge in [-0.25, -0.2) is 8.42 Å². The molecule has 1 aliphatic heterocycles. The molecule has 1 amide bonds. The second-order valence-corrected chi connectivity index (χ2v) is 8.30. The molecule has 1 heterocycles. The lowest BCUT2D eigenvalue weighted by atomic mass is 10.1. The first-order valence-electron chi connectivity index (χ1n) is 8.90. The van der Waals surface area contributed by atoms with Gasteiger partial charge in [-0.3, -0.25) is 4.79 Å². The van der Waals surface area contributed by atoms with Crippen LogP contribution in [0.15, 0.2) is 24.3 Å². The molecule has 1 aliphatic rings. The van der Waals surface area contributed by atoms with Crippen LogP contribution in [0.25, 0.3) is 0 Å². The van der Waals surface area contributed by atoms with Gasteiger partial charge >= 0.3 is 0 Å². The lowest BCUT2D eigenvalue weighted by molar-refractivity contribution is -0.124. The van der Waals surface area contributed by atoms with Crippen LogP contribution < -0.4 is 5.32 Å². The van der Waals surface area contributed by atoms with Gasteiger partial charge in [0.2, 0.25) is 15.9 Å². The lowest BCUT2D eigenvalue weighted by Gasteiger charge is -2.23. The molecular formula is C18H28N2O4S. The second-order valence-electron chi connectivity index (χ2n) is 6.26. The maximum absolute atomic E-state index is 12.5. The number of hydrogen-bond acceptors (Lipinski definition) is 4. The zero-order valence-corrected chi connectivity index (χ0v) is 15.8. The van der Waals surface area contributed by atoms with Crippen LogP contribution in [0.1, 0.15) is 44.2 Å².